The van der Waals surface area contributed by atoms with Gasteiger partial charge in [-0.3, -0.25) is 15.0 Å². The monoisotopic (exact) mass is 222 g/mol. The smallest absolute Gasteiger partial charge is 0.272 e. The van der Waals surface area contributed by atoms with E-state index in [1.165, 1.54) is 6.07 Å². The van der Waals surface area contributed by atoms with Crippen molar-refractivity contribution in [3.8, 4) is 0 Å². The molecule has 0 atom stereocenters. The van der Waals surface area contributed by atoms with Gasteiger partial charge in [0.2, 0.25) is 0 Å². The fourth-order valence-electron chi connectivity index (χ4n) is 1.59. The lowest BCUT2D eigenvalue weighted by atomic mass is 10.0. The van der Waals surface area contributed by atoms with Gasteiger partial charge < -0.3 is 0 Å². The third-order valence-corrected chi connectivity index (χ3v) is 2.67. The highest BCUT2D eigenvalue weighted by Crippen LogP contribution is 2.21. The minimum absolute atomic E-state index is 0.184. The minimum atomic E-state index is -0.343. The molecule has 5 heteroatoms. The van der Waals surface area contributed by atoms with Crippen LogP contribution in [0.2, 0.25) is 0 Å². The van der Waals surface area contributed by atoms with Crippen LogP contribution in [-0.4, -0.2) is 29.7 Å². The van der Waals surface area contributed by atoms with Crippen LogP contribution in [0.25, 0.3) is 0 Å². The van der Waals surface area contributed by atoms with E-state index in [-0.39, 0.29) is 10.6 Å². The molecular weight excluding hydrogens is 208 g/mol. The first kappa shape index (κ1) is 11.0. The van der Waals surface area contributed by atoms with Crippen molar-refractivity contribution in [2.75, 3.05) is 19.7 Å². The zero-order valence-electron chi connectivity index (χ0n) is 9.18. The van der Waals surface area contributed by atoms with Gasteiger partial charge in [-0.25, -0.2) is 0 Å². The van der Waals surface area contributed by atoms with E-state index in [2.05, 4.69) is 0 Å². The second-order valence-electron chi connectivity index (χ2n) is 3.83. The molecule has 2 rings (SSSR count). The van der Waals surface area contributed by atoms with Crippen molar-refractivity contribution in [2.24, 2.45) is 0 Å². The van der Waals surface area contributed by atoms with Gasteiger partial charge in [0.05, 0.1) is 11.5 Å². The summed E-state index contributed by atoms with van der Waals surface area (Å²) in [5.74, 6) is 0. The molecule has 0 aliphatic carbocycles. The van der Waals surface area contributed by atoms with E-state index in [9.17, 15) is 10.1 Å². The first-order valence-corrected chi connectivity index (χ1v) is 5.29. The lowest BCUT2D eigenvalue weighted by Crippen LogP contribution is -2.05. The first-order valence-electron chi connectivity index (χ1n) is 5.29. The standard InChI is InChI=1S/C11H14N2O3/c1-9-10(5-8-16-12-6-7-12)3-2-4-11(9)13(14)15/h2-4H,5-8H2,1H3. The molecule has 0 spiro atoms. The molecule has 1 aromatic carbocycles. The maximum atomic E-state index is 10.7. The number of rotatable bonds is 5. The second kappa shape index (κ2) is 4.59. The summed E-state index contributed by atoms with van der Waals surface area (Å²) >= 11 is 0. The Bertz CT molecular complexity index is 402. The quantitative estimate of drug-likeness (QED) is 0.432. The fourth-order valence-corrected chi connectivity index (χ4v) is 1.59. The van der Waals surface area contributed by atoms with E-state index in [1.54, 1.807) is 13.0 Å². The third-order valence-electron chi connectivity index (χ3n) is 2.67. The molecule has 1 saturated heterocycles. The molecule has 1 heterocycles. The Hall–Kier alpha value is -1.46. The maximum Gasteiger partial charge on any atom is 0.272 e. The fraction of sp³-hybridized carbons (Fsp3) is 0.455. The Balaban J connectivity index is 2.01. The van der Waals surface area contributed by atoms with E-state index < -0.39 is 0 Å². The molecule has 0 radical (unpaired) electrons. The molecule has 0 bridgehead atoms. The van der Waals surface area contributed by atoms with Crippen LogP contribution < -0.4 is 0 Å². The largest absolute Gasteiger partial charge is 0.299 e. The second-order valence-corrected chi connectivity index (χ2v) is 3.83. The van der Waals surface area contributed by atoms with Gasteiger partial charge >= 0.3 is 0 Å². The van der Waals surface area contributed by atoms with Gasteiger partial charge in [-0.15, -0.1) is 0 Å². The molecule has 0 aromatic heterocycles. The highest BCUT2D eigenvalue weighted by Gasteiger charge is 2.18. The number of benzene rings is 1. The van der Waals surface area contributed by atoms with Gasteiger partial charge in [0.15, 0.2) is 0 Å². The number of hydroxylamine groups is 2. The number of nitro benzene ring substituents is 1. The van der Waals surface area contributed by atoms with Gasteiger partial charge in [-0.2, -0.15) is 5.06 Å². The van der Waals surface area contributed by atoms with E-state index >= 15 is 0 Å². The summed E-state index contributed by atoms with van der Waals surface area (Å²) in [6.45, 7) is 4.36. The van der Waals surface area contributed by atoms with E-state index in [4.69, 9.17) is 4.84 Å². The average Bonchev–Trinajstić information content (AvgIpc) is 3.04. The first-order chi connectivity index (χ1) is 7.68. The predicted octanol–water partition coefficient (Wildman–Crippen LogP) is 1.69. The van der Waals surface area contributed by atoms with Gasteiger partial charge in [0.25, 0.3) is 5.69 Å². The number of hydrogen-bond donors (Lipinski definition) is 0. The zero-order chi connectivity index (χ0) is 11.5. The SMILES string of the molecule is Cc1c(CCON2CC2)cccc1[N+](=O)[O-]. The molecule has 16 heavy (non-hydrogen) atoms. The van der Waals surface area contributed by atoms with Crippen LogP contribution in [0.1, 0.15) is 11.1 Å². The molecule has 1 fully saturated rings. The van der Waals surface area contributed by atoms with Crippen molar-refractivity contribution < 1.29 is 9.76 Å². The van der Waals surface area contributed by atoms with Crippen LogP contribution in [0.5, 0.6) is 0 Å². The van der Waals surface area contributed by atoms with Crippen LogP contribution in [0.4, 0.5) is 5.69 Å². The normalized spacial score (nSPS) is 15.1. The van der Waals surface area contributed by atoms with E-state index in [0.717, 1.165) is 24.2 Å². The molecule has 1 aliphatic heterocycles. The third kappa shape index (κ3) is 2.56. The average molecular weight is 222 g/mol. The molecule has 0 amide bonds. The Morgan fingerprint density at radius 1 is 1.50 bits per heavy atom. The van der Waals surface area contributed by atoms with Crippen molar-refractivity contribution in [1.82, 2.24) is 5.06 Å². The predicted molar refractivity (Wildman–Crippen MR) is 59.1 cm³/mol. The van der Waals surface area contributed by atoms with Crippen molar-refractivity contribution in [2.45, 2.75) is 13.3 Å². The van der Waals surface area contributed by atoms with Gasteiger partial charge in [0.1, 0.15) is 0 Å². The highest BCUT2D eigenvalue weighted by molar-refractivity contribution is 5.44. The lowest BCUT2D eigenvalue weighted by Gasteiger charge is -2.06. The Labute approximate surface area is 93.7 Å². The zero-order valence-corrected chi connectivity index (χ0v) is 9.18. The number of hydrogen-bond acceptors (Lipinski definition) is 4. The van der Waals surface area contributed by atoms with Gasteiger partial charge in [-0.05, 0) is 18.9 Å². The molecule has 5 nitrogen and oxygen atoms in total. The molecule has 1 aliphatic rings. The summed E-state index contributed by atoms with van der Waals surface area (Å²) in [4.78, 5) is 15.8. The molecule has 0 unspecified atom stereocenters. The van der Waals surface area contributed by atoms with E-state index in [1.807, 2.05) is 11.1 Å². The summed E-state index contributed by atoms with van der Waals surface area (Å²) in [7, 11) is 0. The summed E-state index contributed by atoms with van der Waals surface area (Å²) < 4.78 is 0. The van der Waals surface area contributed by atoms with E-state index in [0.29, 0.717) is 13.0 Å². The molecule has 0 N–H and O–H groups in total. The van der Waals surface area contributed by atoms with Crippen molar-refractivity contribution in [3.05, 3.63) is 39.4 Å². The van der Waals surface area contributed by atoms with Gasteiger partial charge in [0, 0.05) is 24.7 Å². The topological polar surface area (TPSA) is 55.4 Å². The highest BCUT2D eigenvalue weighted by atomic mass is 16.7. The molecule has 0 saturated carbocycles. The summed E-state index contributed by atoms with van der Waals surface area (Å²) in [5.41, 5.74) is 1.90. The van der Waals surface area contributed by atoms with Crippen molar-refractivity contribution in [3.63, 3.8) is 0 Å². The molecule has 1 aromatic rings. The summed E-state index contributed by atoms with van der Waals surface area (Å²) in [6.07, 6.45) is 0.712. The number of nitrogens with zero attached hydrogens (tertiary/aromatic N) is 2. The van der Waals surface area contributed by atoms with Crippen molar-refractivity contribution in [1.29, 1.82) is 0 Å². The summed E-state index contributed by atoms with van der Waals surface area (Å²) in [6, 6.07) is 5.16. The van der Waals surface area contributed by atoms with Crippen LogP contribution in [0.15, 0.2) is 18.2 Å². The minimum Gasteiger partial charge on any atom is -0.299 e. The van der Waals surface area contributed by atoms with Crippen LogP contribution >= 0.6 is 0 Å². The maximum absolute atomic E-state index is 10.7. The molecule has 86 valence electrons. The Kier molecular flexibility index (Phi) is 3.17. The Morgan fingerprint density at radius 3 is 2.88 bits per heavy atom. The van der Waals surface area contributed by atoms with Crippen LogP contribution in [0, 0.1) is 17.0 Å². The molecular formula is C11H14N2O3. The van der Waals surface area contributed by atoms with Crippen molar-refractivity contribution >= 4 is 5.69 Å². The number of nitro groups is 1. The Morgan fingerprint density at radius 2 is 2.25 bits per heavy atom. The van der Waals surface area contributed by atoms with Crippen LogP contribution in [-0.2, 0) is 11.3 Å². The van der Waals surface area contributed by atoms with Crippen LogP contribution in [0.3, 0.4) is 0 Å². The van der Waals surface area contributed by atoms with Gasteiger partial charge in [-0.1, -0.05) is 12.1 Å². The summed E-state index contributed by atoms with van der Waals surface area (Å²) in [5, 5.41) is 12.6. The lowest BCUT2D eigenvalue weighted by molar-refractivity contribution is -0.385.